The van der Waals surface area contributed by atoms with E-state index in [-0.39, 0.29) is 322 Å². The molecule has 0 aromatic rings. The highest BCUT2D eigenvalue weighted by Gasteiger charge is 2.37. The smallest absolute Gasteiger partial charge is 0.407 e. The van der Waals surface area contributed by atoms with Gasteiger partial charge in [-0.2, -0.15) is 0 Å². The van der Waals surface area contributed by atoms with E-state index in [1.807, 2.05) is 0 Å². The summed E-state index contributed by atoms with van der Waals surface area (Å²) < 4.78 is 71.6. The molecule has 0 bridgehead atoms. The lowest BCUT2D eigenvalue weighted by Crippen LogP contribution is -2.58. The van der Waals surface area contributed by atoms with Gasteiger partial charge >= 0.3 is 24.0 Å². The first kappa shape index (κ1) is 120. The predicted octanol–water partition coefficient (Wildman–Crippen LogP) is 4.36. The number of alkyl carbamates (subject to hydrolysis) is 1. The number of rotatable bonds is 88. The van der Waals surface area contributed by atoms with Crippen molar-refractivity contribution in [1.82, 2.24) is 57.7 Å². The van der Waals surface area contributed by atoms with Crippen molar-refractivity contribution in [3.05, 3.63) is 0 Å². The number of nitrogens with one attached hydrogen (secondary N) is 8. The Morgan fingerprint density at radius 3 is 0.716 bits per heavy atom. The first-order chi connectivity index (χ1) is 64.7. The van der Waals surface area contributed by atoms with E-state index in [9.17, 15) is 81.5 Å². The molecule has 3 saturated heterocycles. The number of unbranched alkanes of at least 4 members (excludes halogenated alkanes) is 16. The second-order valence-electron chi connectivity index (χ2n) is 31.4. The van der Waals surface area contributed by atoms with Crippen molar-refractivity contribution in [3.8, 4) is 0 Å². The maximum atomic E-state index is 13.9. The molecule has 0 atom stereocenters. The summed E-state index contributed by atoms with van der Waals surface area (Å²) in [5, 5.41) is 24.2. The molecule has 0 aromatic carbocycles. The van der Waals surface area contributed by atoms with Crippen molar-refractivity contribution in [3.63, 3.8) is 0 Å². The van der Waals surface area contributed by atoms with Crippen LogP contribution in [0.3, 0.4) is 0 Å². The van der Waals surface area contributed by atoms with E-state index in [1.54, 1.807) is 0 Å². The normalized spacial score (nSPS) is 13.4. The van der Waals surface area contributed by atoms with E-state index in [2.05, 4.69) is 42.5 Å². The molecule has 44 nitrogen and oxygen atoms in total. The van der Waals surface area contributed by atoms with Crippen LogP contribution in [0.15, 0.2) is 0 Å². The SMILES string of the molecule is O=C(CCOCCOCCOCCNC(=O)CCOCC(COCCC(=O)NCCOCCOCCOCCC(=O)NCCCCCCCC(=O)ON1C(=O)CCC1=O)(COCCC(=O)NCCOCCOCCOCCC(=O)NCCCCCCCC(=O)ON1C(=O)CCC1=O)NC(=O)CCCCCCCNC(=O)OCC(Cl)(Cl)Cl)NCCCCCCCC(=O)ON1C(=O)CCC1=O. The van der Waals surface area contributed by atoms with Gasteiger partial charge in [0, 0.05) is 149 Å². The molecule has 8 N–H and O–H groups in total. The number of carbonyl (C=O) groups excluding carboxylic acids is 17. The van der Waals surface area contributed by atoms with Gasteiger partial charge in [-0.05, 0) is 51.4 Å². The van der Waals surface area contributed by atoms with Gasteiger partial charge in [0.25, 0.3) is 35.4 Å². The van der Waals surface area contributed by atoms with Crippen molar-refractivity contribution >= 4 is 136 Å². The Balaban J connectivity index is 1.40. The Labute approximate surface area is 798 Å². The fraction of sp³-hybridized carbons (Fsp3) is 0.805. The summed E-state index contributed by atoms with van der Waals surface area (Å²) in [7, 11) is 0. The lowest BCUT2D eigenvalue weighted by molar-refractivity contribution is -0.197. The summed E-state index contributed by atoms with van der Waals surface area (Å²) >= 11 is 17.0. The van der Waals surface area contributed by atoms with Gasteiger partial charge in [-0.25, -0.2) is 19.2 Å². The number of hydroxylamine groups is 6. The Morgan fingerprint density at radius 2 is 0.448 bits per heavy atom. The maximum Gasteiger partial charge on any atom is 0.407 e. The number of halogens is 3. The van der Waals surface area contributed by atoms with Crippen molar-refractivity contribution in [2.45, 2.75) is 240 Å². The number of hydrogen-bond acceptors (Lipinski definition) is 33. The van der Waals surface area contributed by atoms with Crippen molar-refractivity contribution in [2.24, 2.45) is 0 Å². The van der Waals surface area contributed by atoms with Gasteiger partial charge in [0.15, 0.2) is 0 Å². The van der Waals surface area contributed by atoms with Crippen LogP contribution in [0.2, 0.25) is 0 Å². The van der Waals surface area contributed by atoms with Gasteiger partial charge in [0.05, 0.1) is 159 Å². The second-order valence-corrected chi connectivity index (χ2v) is 33.9. The number of nitrogens with zero attached hydrogens (tertiary/aromatic N) is 3. The van der Waals surface area contributed by atoms with Crippen LogP contribution in [-0.4, -0.2) is 336 Å². The van der Waals surface area contributed by atoms with E-state index in [0.29, 0.717) is 79.9 Å². The van der Waals surface area contributed by atoms with Crippen LogP contribution in [0.25, 0.3) is 0 Å². The zero-order chi connectivity index (χ0) is 97.6. The lowest BCUT2D eigenvalue weighted by Gasteiger charge is -2.34. The van der Waals surface area contributed by atoms with Crippen LogP contribution in [-0.2, 0) is 153 Å². The molecule has 0 spiro atoms. The van der Waals surface area contributed by atoms with Crippen LogP contribution in [0.1, 0.15) is 231 Å². The van der Waals surface area contributed by atoms with Crippen LogP contribution < -0.4 is 42.5 Å². The van der Waals surface area contributed by atoms with Gasteiger partial charge in [0.2, 0.25) is 45.1 Å². The molecule has 3 aliphatic heterocycles. The van der Waals surface area contributed by atoms with Crippen LogP contribution in [0.5, 0.6) is 0 Å². The highest BCUT2D eigenvalue weighted by molar-refractivity contribution is 6.67. The highest BCUT2D eigenvalue weighted by Crippen LogP contribution is 2.26. The fourth-order valence-electron chi connectivity index (χ4n) is 12.5. The largest absolute Gasteiger partial charge is 0.445 e. The zero-order valence-electron chi connectivity index (χ0n) is 77.5. The maximum absolute atomic E-state index is 13.9. The molecule has 47 heteroatoms. The van der Waals surface area contributed by atoms with E-state index < -0.39 is 75.4 Å². The molecule has 0 unspecified atom stereocenters. The van der Waals surface area contributed by atoms with E-state index >= 15 is 0 Å². The number of amides is 14. The van der Waals surface area contributed by atoms with Gasteiger partial charge in [-0.3, -0.25) is 62.3 Å². The molecule has 3 rings (SSSR count). The molecule has 0 aromatic heterocycles. The van der Waals surface area contributed by atoms with Gasteiger partial charge in [0.1, 0.15) is 12.1 Å². The summed E-state index contributed by atoms with van der Waals surface area (Å²) in [4.78, 5) is 222. The van der Waals surface area contributed by atoms with Crippen molar-refractivity contribution in [2.75, 3.05) is 211 Å². The Bertz CT molecular complexity index is 3090. The average molecular weight is 1980 g/mol. The molecule has 0 radical (unpaired) electrons. The number of alkyl halides is 3. The third kappa shape index (κ3) is 67.1. The number of ether oxygens (including phenoxy) is 13. The standard InChI is InChI=1S/C87H144Cl3N11O33/c88-87(89,90)68-131-85(118)97-40-20-12-1-5-13-21-75(108)98-86(65-128-47-34-72(105)94-41-50-122-56-62-125-59-53-119-44-31-69(102)91-37-17-9-2-6-14-22-82(115)132-99-76(109)25-26-77(99)110,66-129-48-35-73(106)95-42-51-123-57-63-126-60-54-120-45-32-70(103)92-38-18-10-3-7-15-23-83(116)133-100-78(111)27-28-79(100)112)67-130-49-36-74(107)96-43-52-124-58-64-127-61-55-121-46-33-71(104)93-39-19-11-4-8-16-24-84(117)134-101-80(113)29-30-81(101)114/h1-68H2,(H,91,102)(H,92,103)(H,93,104)(H,94,105)(H,95,106)(H,96,107)(H,97,118)(H,98,108). The monoisotopic (exact) mass is 1980 g/mol. The van der Waals surface area contributed by atoms with E-state index in [0.717, 1.165) is 89.9 Å². The molecule has 134 heavy (non-hydrogen) atoms. The summed E-state index contributed by atoms with van der Waals surface area (Å²) in [5.41, 5.74) is -1.40. The van der Waals surface area contributed by atoms with E-state index in [4.69, 9.17) is 111 Å². The Kier molecular flexibility index (Phi) is 70.5. The van der Waals surface area contributed by atoms with Gasteiger partial charge in [-0.1, -0.05) is 112 Å². The zero-order valence-corrected chi connectivity index (χ0v) is 79.8. The summed E-state index contributed by atoms with van der Waals surface area (Å²) in [6, 6.07) is 0. The molecule has 766 valence electrons. The van der Waals surface area contributed by atoms with Crippen LogP contribution in [0.4, 0.5) is 4.79 Å². The number of imide groups is 3. The van der Waals surface area contributed by atoms with Crippen molar-refractivity contribution in [1.29, 1.82) is 0 Å². The summed E-state index contributed by atoms with van der Waals surface area (Å²) in [6.07, 6.45) is 14.6. The molecule has 3 aliphatic rings. The number of hydrogen-bond donors (Lipinski definition) is 8. The topological polar surface area (TPSA) is 544 Å². The molecular weight excluding hydrogens is 1830 g/mol. The summed E-state index contributed by atoms with van der Waals surface area (Å²) in [5.74, 6) is -6.82. The third-order valence-corrected chi connectivity index (χ3v) is 20.1. The number of carbonyl (C=O) groups is 17. The minimum absolute atomic E-state index is 0.0395. The average Bonchev–Trinajstić information content (AvgIpc) is 1.55. The fourth-order valence-corrected chi connectivity index (χ4v) is 12.7. The van der Waals surface area contributed by atoms with Gasteiger partial charge in [-0.15, -0.1) is 15.2 Å². The minimum Gasteiger partial charge on any atom is -0.445 e. The molecule has 0 saturated carbocycles. The van der Waals surface area contributed by atoms with Crippen molar-refractivity contribution < 1.29 is 158 Å². The second kappa shape index (κ2) is 78.8. The molecular formula is C87H144Cl3N11O33. The predicted molar refractivity (Wildman–Crippen MR) is 478 cm³/mol. The molecule has 3 fully saturated rings. The Morgan fingerprint density at radius 1 is 0.231 bits per heavy atom. The minimum atomic E-state index is -1.75. The van der Waals surface area contributed by atoms with Crippen LogP contribution in [0, 0.1) is 0 Å². The molecule has 0 aliphatic carbocycles. The quantitative estimate of drug-likeness (QED) is 0.0238. The third-order valence-electron chi connectivity index (χ3n) is 19.8. The summed E-state index contributed by atoms with van der Waals surface area (Å²) in [6.45, 7) is 5.14. The lowest BCUT2D eigenvalue weighted by atomic mass is 10.0. The molecule has 14 amide bonds. The Hall–Kier alpha value is -8.22. The first-order valence-electron chi connectivity index (χ1n) is 46.8. The van der Waals surface area contributed by atoms with Gasteiger partial charge < -0.3 is 119 Å². The first-order valence-corrected chi connectivity index (χ1v) is 47.9. The highest BCUT2D eigenvalue weighted by atomic mass is 35.6. The van der Waals surface area contributed by atoms with E-state index in [1.165, 1.54) is 0 Å². The molecule has 3 heterocycles. The van der Waals surface area contributed by atoms with Crippen LogP contribution >= 0.6 is 34.8 Å².